The highest BCUT2D eigenvalue weighted by molar-refractivity contribution is 7.47. The molecule has 5 heteroatoms. The Morgan fingerprint density at radius 3 is 2.55 bits per heavy atom. The van der Waals surface area contributed by atoms with Crippen LogP contribution in [0.4, 0.5) is 0 Å². The lowest BCUT2D eigenvalue weighted by Gasteiger charge is -2.58. The topological polar surface area (TPSA) is 55.8 Å². The molecule has 0 saturated heterocycles. The van der Waals surface area contributed by atoms with Crippen LogP contribution in [0.1, 0.15) is 105 Å². The number of rotatable bonds is 8. The molecule has 9 atom stereocenters. The number of hydrogen-bond donors (Lipinski definition) is 1. The van der Waals surface area contributed by atoms with Crippen LogP contribution in [0.25, 0.3) is 0 Å². The Morgan fingerprint density at radius 2 is 1.85 bits per heavy atom. The lowest BCUT2D eigenvalue weighted by molar-refractivity contribution is -0.0571. The molecule has 0 amide bonds. The first-order chi connectivity index (χ1) is 15.5. The van der Waals surface area contributed by atoms with Crippen LogP contribution in [0.3, 0.4) is 0 Å². The maximum Gasteiger partial charge on any atom is 0.472 e. The van der Waals surface area contributed by atoms with E-state index < -0.39 is 7.82 Å². The number of phosphoric ester groups is 1. The summed E-state index contributed by atoms with van der Waals surface area (Å²) in [5.74, 6) is 5.00. The molecule has 0 heterocycles. The Balaban J connectivity index is 1.46. The molecule has 0 aliphatic heterocycles. The van der Waals surface area contributed by atoms with E-state index in [9.17, 15) is 9.46 Å². The molecule has 3 saturated carbocycles. The summed E-state index contributed by atoms with van der Waals surface area (Å²) in [6.45, 7) is 12.4. The molecular weight excluding hydrogens is 431 g/mol. The van der Waals surface area contributed by atoms with E-state index in [-0.39, 0.29) is 11.5 Å². The largest absolute Gasteiger partial charge is 0.472 e. The third-order valence-electron chi connectivity index (χ3n) is 10.8. The van der Waals surface area contributed by atoms with Gasteiger partial charge in [0.2, 0.25) is 0 Å². The maximum absolute atomic E-state index is 12.0. The molecule has 4 nitrogen and oxygen atoms in total. The van der Waals surface area contributed by atoms with Gasteiger partial charge in [-0.25, -0.2) is 4.57 Å². The Hall–Kier alpha value is -0.150. The normalized spacial score (nSPS) is 43.3. The molecule has 0 aromatic carbocycles. The van der Waals surface area contributed by atoms with Crippen molar-refractivity contribution in [2.45, 2.75) is 111 Å². The molecule has 3 fully saturated rings. The summed E-state index contributed by atoms with van der Waals surface area (Å²) in [5, 5.41) is 0. The zero-order valence-electron chi connectivity index (χ0n) is 22.0. The molecule has 1 N–H and O–H groups in total. The zero-order chi connectivity index (χ0) is 24.0. The van der Waals surface area contributed by atoms with Crippen molar-refractivity contribution in [3.63, 3.8) is 0 Å². The molecule has 33 heavy (non-hydrogen) atoms. The predicted octanol–water partition coefficient (Wildman–Crippen LogP) is 8.16. The number of fused-ring (bicyclic) bond motifs is 5. The van der Waals surface area contributed by atoms with Gasteiger partial charge in [0.25, 0.3) is 0 Å². The van der Waals surface area contributed by atoms with E-state index in [1.54, 1.807) is 0 Å². The average Bonchev–Trinajstić information content (AvgIpc) is 3.11. The highest BCUT2D eigenvalue weighted by Gasteiger charge is 2.59. The van der Waals surface area contributed by atoms with Crippen molar-refractivity contribution >= 4 is 7.82 Å². The van der Waals surface area contributed by atoms with Gasteiger partial charge in [-0.15, -0.1) is 0 Å². The summed E-state index contributed by atoms with van der Waals surface area (Å²) in [6.07, 6.45) is 15.9. The lowest BCUT2D eigenvalue weighted by atomic mass is 9.47. The zero-order valence-corrected chi connectivity index (χ0v) is 22.9. The van der Waals surface area contributed by atoms with Gasteiger partial charge >= 0.3 is 7.82 Å². The highest BCUT2D eigenvalue weighted by atomic mass is 31.2. The summed E-state index contributed by atoms with van der Waals surface area (Å²) in [7, 11) is -2.67. The molecule has 2 unspecified atom stereocenters. The number of hydrogen-bond acceptors (Lipinski definition) is 3. The van der Waals surface area contributed by atoms with Crippen molar-refractivity contribution < 1.29 is 18.5 Å². The van der Waals surface area contributed by atoms with Crippen LogP contribution < -0.4 is 0 Å². The summed E-state index contributed by atoms with van der Waals surface area (Å²) >= 11 is 0. The Bertz CT molecular complexity index is 778. The average molecular weight is 481 g/mol. The first-order valence-electron chi connectivity index (χ1n) is 13.8. The minimum Gasteiger partial charge on any atom is -0.302 e. The van der Waals surface area contributed by atoms with E-state index in [4.69, 9.17) is 4.52 Å². The number of allylic oxidation sites excluding steroid dienone is 1. The minimum atomic E-state index is -3.92. The van der Waals surface area contributed by atoms with Crippen LogP contribution in [0.15, 0.2) is 11.6 Å². The van der Waals surface area contributed by atoms with E-state index in [0.29, 0.717) is 5.41 Å². The Labute approximate surface area is 202 Å². The molecule has 4 aliphatic rings. The fraction of sp³-hybridized carbons (Fsp3) is 0.929. The van der Waals surface area contributed by atoms with E-state index in [1.807, 2.05) is 0 Å². The van der Waals surface area contributed by atoms with Gasteiger partial charge in [-0.05, 0) is 97.7 Å². The molecule has 190 valence electrons. The van der Waals surface area contributed by atoms with Gasteiger partial charge in [-0.2, -0.15) is 0 Å². The standard InChI is InChI=1S/C28H49O4P/c1-19(2)8-7-9-20(3)24-12-13-25-23-11-10-21-18-22(32-33(29,30)31-6)14-16-27(21,4)26(23)15-17-28(24,25)5/h10,19-20,22-26H,7-9,11-18H2,1-6H3,(H,29,30)/t20-,22?,23+,24-,25+,26+,27+,28-/m0/s1. The van der Waals surface area contributed by atoms with Crippen LogP contribution in [0.2, 0.25) is 0 Å². The lowest BCUT2D eigenvalue weighted by Crippen LogP contribution is -2.51. The first-order valence-corrected chi connectivity index (χ1v) is 15.3. The predicted molar refractivity (Wildman–Crippen MR) is 135 cm³/mol. The Morgan fingerprint density at radius 1 is 1.09 bits per heavy atom. The van der Waals surface area contributed by atoms with Crippen LogP contribution in [0, 0.1) is 46.3 Å². The van der Waals surface area contributed by atoms with Crippen LogP contribution >= 0.6 is 7.82 Å². The monoisotopic (exact) mass is 480 g/mol. The summed E-state index contributed by atoms with van der Waals surface area (Å²) in [6, 6.07) is 0. The van der Waals surface area contributed by atoms with Gasteiger partial charge in [-0.1, -0.05) is 65.5 Å². The van der Waals surface area contributed by atoms with Gasteiger partial charge in [-0.3, -0.25) is 9.05 Å². The van der Waals surface area contributed by atoms with Crippen molar-refractivity contribution in [2.24, 2.45) is 46.3 Å². The maximum atomic E-state index is 12.0. The van der Waals surface area contributed by atoms with Gasteiger partial charge < -0.3 is 4.89 Å². The van der Waals surface area contributed by atoms with E-state index >= 15 is 0 Å². The summed E-state index contributed by atoms with van der Waals surface area (Å²) < 4.78 is 22.1. The third-order valence-corrected chi connectivity index (χ3v) is 11.8. The van der Waals surface area contributed by atoms with Crippen molar-refractivity contribution in [1.82, 2.24) is 0 Å². The molecule has 0 bridgehead atoms. The second-order valence-corrected chi connectivity index (χ2v) is 14.4. The van der Waals surface area contributed by atoms with Crippen molar-refractivity contribution in [3.05, 3.63) is 11.6 Å². The summed E-state index contributed by atoms with van der Waals surface area (Å²) in [5.41, 5.74) is 2.23. The van der Waals surface area contributed by atoms with Crippen molar-refractivity contribution in [1.29, 1.82) is 0 Å². The molecule has 0 radical (unpaired) electrons. The Kier molecular flexibility index (Phi) is 7.64. The summed E-state index contributed by atoms with van der Waals surface area (Å²) in [4.78, 5) is 9.80. The van der Waals surface area contributed by atoms with E-state index in [1.165, 1.54) is 64.0 Å². The smallest absolute Gasteiger partial charge is 0.302 e. The van der Waals surface area contributed by atoms with E-state index in [2.05, 4.69) is 45.2 Å². The van der Waals surface area contributed by atoms with Crippen molar-refractivity contribution in [2.75, 3.05) is 7.11 Å². The van der Waals surface area contributed by atoms with Crippen molar-refractivity contribution in [3.8, 4) is 0 Å². The second-order valence-electron chi connectivity index (χ2n) is 12.9. The van der Waals surface area contributed by atoms with Crippen LogP contribution in [-0.2, 0) is 13.6 Å². The van der Waals surface area contributed by atoms with Crippen LogP contribution in [0.5, 0.6) is 0 Å². The minimum absolute atomic E-state index is 0.201. The van der Waals surface area contributed by atoms with E-state index in [0.717, 1.165) is 54.8 Å². The molecule has 4 aliphatic carbocycles. The highest BCUT2D eigenvalue weighted by Crippen LogP contribution is 2.67. The SMILES string of the molecule is COP(=O)(O)OC1CC[C@]2(C)C(=CC[C@@H]3[C@H]4CC[C@@H]([C@@H](C)CCCC(C)C)[C@]4(C)CC[C@H]32)C1. The van der Waals surface area contributed by atoms with Gasteiger partial charge in [0, 0.05) is 7.11 Å². The third kappa shape index (κ3) is 4.93. The molecular formula is C28H49O4P. The van der Waals surface area contributed by atoms with Gasteiger partial charge in [0.15, 0.2) is 0 Å². The fourth-order valence-corrected chi connectivity index (χ4v) is 9.62. The van der Waals surface area contributed by atoms with Crippen LogP contribution in [-0.4, -0.2) is 18.1 Å². The first kappa shape index (κ1) is 25.9. The molecule has 0 aromatic heterocycles. The quantitative estimate of drug-likeness (QED) is 0.281. The fourth-order valence-electron chi connectivity index (χ4n) is 8.97. The number of phosphoric acid groups is 1. The molecule has 0 aromatic rings. The van der Waals surface area contributed by atoms with Gasteiger partial charge in [0.1, 0.15) is 0 Å². The molecule has 0 spiro atoms. The molecule has 4 rings (SSSR count). The van der Waals surface area contributed by atoms with Gasteiger partial charge in [0.05, 0.1) is 6.10 Å². The second kappa shape index (κ2) is 9.72.